The van der Waals surface area contributed by atoms with Crippen LogP contribution in [0.15, 0.2) is 24.4 Å². The summed E-state index contributed by atoms with van der Waals surface area (Å²) in [6, 6.07) is 4.46. The van der Waals surface area contributed by atoms with Crippen LogP contribution in [0.4, 0.5) is 4.79 Å². The summed E-state index contributed by atoms with van der Waals surface area (Å²) < 4.78 is 6.62. The molecule has 0 radical (unpaired) electrons. The van der Waals surface area contributed by atoms with Gasteiger partial charge in [-0.3, -0.25) is 29.4 Å². The molecule has 3 fully saturated rings. The lowest BCUT2D eigenvalue weighted by molar-refractivity contribution is -0.136. The van der Waals surface area contributed by atoms with Gasteiger partial charge in [-0.1, -0.05) is 5.21 Å². The fourth-order valence-corrected chi connectivity index (χ4v) is 5.32. The summed E-state index contributed by atoms with van der Waals surface area (Å²) in [7, 11) is 0. The minimum atomic E-state index is -0.690. The van der Waals surface area contributed by atoms with Crippen LogP contribution in [0, 0.1) is 0 Å². The van der Waals surface area contributed by atoms with Crippen LogP contribution in [0.3, 0.4) is 0 Å². The first-order valence-corrected chi connectivity index (χ1v) is 11.7. The molecule has 186 valence electrons. The average molecular weight is 493 g/mol. The Morgan fingerprint density at radius 2 is 2.03 bits per heavy atom. The van der Waals surface area contributed by atoms with Crippen molar-refractivity contribution in [2.75, 3.05) is 26.2 Å². The molecule has 2 atom stereocenters. The number of imide groups is 1. The standard InChI is InChI=1S/C23H23N7O6/c1-23-11-27(6-7-29(23)22(35)36-12-23)21(34)16-10-30(26-25-16)14-2-3-15-13(8-14)9-28(20(15)33)17-4-5-18(31)24-19(17)32/h2-3,8,10,17H,4-7,9,11-12H2,1H3,(H,24,31,32). The Hall–Kier alpha value is -4.29. The zero-order chi connectivity index (χ0) is 25.2. The maximum absolute atomic E-state index is 13.1. The first-order valence-electron chi connectivity index (χ1n) is 11.7. The Balaban J connectivity index is 1.18. The van der Waals surface area contributed by atoms with Gasteiger partial charge in [0.15, 0.2) is 5.69 Å². The van der Waals surface area contributed by atoms with Gasteiger partial charge in [-0.2, -0.15) is 0 Å². The van der Waals surface area contributed by atoms with Crippen molar-refractivity contribution in [1.29, 1.82) is 0 Å². The maximum atomic E-state index is 13.1. The fraction of sp³-hybridized carbons (Fsp3) is 0.435. The van der Waals surface area contributed by atoms with Crippen LogP contribution in [-0.2, 0) is 20.9 Å². The van der Waals surface area contributed by atoms with Crippen molar-refractivity contribution in [3.05, 3.63) is 41.2 Å². The summed E-state index contributed by atoms with van der Waals surface area (Å²) in [5.41, 5.74) is 1.42. The fourth-order valence-electron chi connectivity index (χ4n) is 5.32. The predicted octanol–water partition coefficient (Wildman–Crippen LogP) is -0.305. The largest absolute Gasteiger partial charge is 0.447 e. The molecule has 3 saturated heterocycles. The van der Waals surface area contributed by atoms with Crippen molar-refractivity contribution >= 4 is 29.7 Å². The summed E-state index contributed by atoms with van der Waals surface area (Å²) >= 11 is 0. The monoisotopic (exact) mass is 493 g/mol. The Bertz CT molecular complexity index is 1340. The van der Waals surface area contributed by atoms with E-state index in [9.17, 15) is 24.0 Å². The molecule has 5 amide bonds. The first-order chi connectivity index (χ1) is 17.2. The molecular weight excluding hydrogens is 470 g/mol. The normalized spacial score (nSPS) is 25.6. The van der Waals surface area contributed by atoms with Gasteiger partial charge in [0.25, 0.3) is 11.8 Å². The molecule has 0 bridgehead atoms. The van der Waals surface area contributed by atoms with Crippen LogP contribution in [0.2, 0.25) is 0 Å². The molecule has 13 heteroatoms. The van der Waals surface area contributed by atoms with E-state index >= 15 is 0 Å². The number of hydrogen-bond acceptors (Lipinski definition) is 8. The Labute approximate surface area is 204 Å². The van der Waals surface area contributed by atoms with Crippen LogP contribution in [0.25, 0.3) is 5.69 Å². The molecule has 0 aliphatic carbocycles. The van der Waals surface area contributed by atoms with Crippen molar-refractivity contribution in [3.63, 3.8) is 0 Å². The van der Waals surface area contributed by atoms with E-state index in [-0.39, 0.29) is 49.1 Å². The summed E-state index contributed by atoms with van der Waals surface area (Å²) in [5.74, 6) is -1.35. The SMILES string of the molecule is CC12COC(=O)N1CCN(C(=O)c1cn(-c3ccc4c(c3)CN(C3CCC(=O)NC3=O)C4=O)nn1)C2. The number of piperidine rings is 1. The molecular formula is C23H23N7O6. The summed E-state index contributed by atoms with van der Waals surface area (Å²) in [4.78, 5) is 66.4. The van der Waals surface area contributed by atoms with Crippen LogP contribution < -0.4 is 5.32 Å². The molecule has 36 heavy (non-hydrogen) atoms. The van der Waals surface area contributed by atoms with E-state index in [0.717, 1.165) is 5.56 Å². The topological polar surface area (TPSA) is 147 Å². The second-order valence-corrected chi connectivity index (χ2v) is 9.72. The number of hydrogen-bond donors (Lipinski definition) is 1. The number of fused-ring (bicyclic) bond motifs is 2. The zero-order valence-electron chi connectivity index (χ0n) is 19.5. The van der Waals surface area contributed by atoms with Crippen LogP contribution >= 0.6 is 0 Å². The molecule has 13 nitrogen and oxygen atoms in total. The van der Waals surface area contributed by atoms with Gasteiger partial charge in [0, 0.05) is 38.2 Å². The van der Waals surface area contributed by atoms with E-state index < -0.39 is 17.5 Å². The number of rotatable bonds is 3. The first kappa shape index (κ1) is 22.2. The highest BCUT2D eigenvalue weighted by Crippen LogP contribution is 2.30. The van der Waals surface area contributed by atoms with Crippen LogP contribution in [0.1, 0.15) is 46.2 Å². The van der Waals surface area contributed by atoms with E-state index in [1.807, 2.05) is 6.92 Å². The van der Waals surface area contributed by atoms with Gasteiger partial charge >= 0.3 is 6.09 Å². The molecule has 5 heterocycles. The molecule has 4 aliphatic heterocycles. The molecule has 1 aromatic heterocycles. The van der Waals surface area contributed by atoms with Gasteiger partial charge in [-0.05, 0) is 37.1 Å². The molecule has 1 aromatic carbocycles. The lowest BCUT2D eigenvalue weighted by Crippen LogP contribution is -2.60. The third kappa shape index (κ3) is 3.41. The number of benzene rings is 1. The Kier molecular flexibility index (Phi) is 4.85. The van der Waals surface area contributed by atoms with Crippen molar-refractivity contribution in [1.82, 2.24) is 35.0 Å². The second kappa shape index (κ2) is 7.86. The minimum Gasteiger partial charge on any atom is -0.447 e. The van der Waals surface area contributed by atoms with Gasteiger partial charge in [-0.15, -0.1) is 5.10 Å². The third-order valence-electron chi connectivity index (χ3n) is 7.28. The number of amides is 5. The smallest absolute Gasteiger partial charge is 0.410 e. The van der Waals surface area contributed by atoms with Crippen molar-refractivity contribution in [2.45, 2.75) is 37.9 Å². The molecule has 6 rings (SSSR count). The lowest BCUT2D eigenvalue weighted by atomic mass is 9.99. The summed E-state index contributed by atoms with van der Waals surface area (Å²) in [6.07, 6.45) is 1.65. The number of aromatic nitrogens is 3. The van der Waals surface area contributed by atoms with Crippen molar-refractivity contribution in [3.8, 4) is 5.69 Å². The van der Waals surface area contributed by atoms with Gasteiger partial charge in [0.1, 0.15) is 12.6 Å². The highest BCUT2D eigenvalue weighted by molar-refractivity contribution is 6.05. The number of piperazine rings is 1. The Morgan fingerprint density at radius 3 is 2.83 bits per heavy atom. The highest BCUT2D eigenvalue weighted by Gasteiger charge is 2.48. The van der Waals surface area contributed by atoms with Gasteiger partial charge in [-0.25, -0.2) is 9.48 Å². The number of ether oxygens (including phenoxy) is 1. The number of carbonyl (C=O) groups is 5. The van der Waals surface area contributed by atoms with Gasteiger partial charge in [0.2, 0.25) is 11.8 Å². The minimum absolute atomic E-state index is 0.166. The van der Waals surface area contributed by atoms with E-state index in [1.165, 1.54) is 15.8 Å². The summed E-state index contributed by atoms with van der Waals surface area (Å²) in [6.45, 7) is 3.44. The second-order valence-electron chi connectivity index (χ2n) is 9.72. The lowest BCUT2D eigenvalue weighted by Gasteiger charge is -2.42. The van der Waals surface area contributed by atoms with Crippen LogP contribution in [0.5, 0.6) is 0 Å². The molecule has 0 saturated carbocycles. The molecule has 0 spiro atoms. The van der Waals surface area contributed by atoms with E-state index in [2.05, 4.69) is 15.6 Å². The third-order valence-corrected chi connectivity index (χ3v) is 7.28. The van der Waals surface area contributed by atoms with Crippen LogP contribution in [-0.4, -0.2) is 97.2 Å². The van der Waals surface area contributed by atoms with E-state index in [1.54, 1.807) is 28.0 Å². The Morgan fingerprint density at radius 1 is 1.19 bits per heavy atom. The average Bonchev–Trinajstić information content (AvgIpc) is 3.55. The number of nitrogens with one attached hydrogen (secondary N) is 1. The molecule has 2 aromatic rings. The highest BCUT2D eigenvalue weighted by atomic mass is 16.6. The number of cyclic esters (lactones) is 1. The number of carbonyl (C=O) groups excluding carboxylic acids is 5. The zero-order valence-corrected chi connectivity index (χ0v) is 19.5. The molecule has 2 unspecified atom stereocenters. The quantitative estimate of drug-likeness (QED) is 0.573. The van der Waals surface area contributed by atoms with Gasteiger partial charge < -0.3 is 14.5 Å². The maximum Gasteiger partial charge on any atom is 0.410 e. The van der Waals surface area contributed by atoms with E-state index in [0.29, 0.717) is 37.3 Å². The van der Waals surface area contributed by atoms with Crippen molar-refractivity contribution in [2.24, 2.45) is 0 Å². The van der Waals surface area contributed by atoms with Crippen molar-refractivity contribution < 1.29 is 28.7 Å². The molecule has 1 N–H and O–H groups in total. The van der Waals surface area contributed by atoms with E-state index in [4.69, 9.17) is 4.74 Å². The van der Waals surface area contributed by atoms with Gasteiger partial charge in [0.05, 0.1) is 17.4 Å². The molecule has 4 aliphatic rings. The predicted molar refractivity (Wildman–Crippen MR) is 120 cm³/mol. The number of nitrogens with zero attached hydrogens (tertiary/aromatic N) is 6. The summed E-state index contributed by atoms with van der Waals surface area (Å²) in [5, 5.41) is 10.4.